The Bertz CT molecular complexity index is 770. The van der Waals surface area contributed by atoms with Gasteiger partial charge in [-0.1, -0.05) is 165 Å². The molecule has 0 aliphatic rings. The normalized spacial score (nSPS) is 10.7. The molecule has 0 radical (unpaired) electrons. The van der Waals surface area contributed by atoms with Crippen molar-refractivity contribution in [3.63, 3.8) is 0 Å². The Morgan fingerprint density at radius 1 is 0.526 bits per heavy atom. The molecule has 0 heterocycles. The number of phenols is 1. The standard InChI is InChI=1S/C22H44O2.C13H12O/c1-2-3-4-5-6-7-8-9-10-11-12-13-14-15-16-17-18-19-20-21-22(23)24;14-13-8-6-12(7-9-13)10-11-4-2-1-3-5-11/h2-21H2,1H3,(H,23,24);1-9,14H,10H2. The van der Waals surface area contributed by atoms with E-state index in [1.54, 1.807) is 12.1 Å². The number of aliphatic carboxylic acids is 1. The minimum Gasteiger partial charge on any atom is -0.508 e. The molecule has 0 aliphatic heterocycles. The van der Waals surface area contributed by atoms with Crippen molar-refractivity contribution in [3.05, 3.63) is 65.7 Å². The van der Waals surface area contributed by atoms with E-state index in [1.807, 2.05) is 30.3 Å². The summed E-state index contributed by atoms with van der Waals surface area (Å²) in [6.07, 6.45) is 27.0. The quantitative estimate of drug-likeness (QED) is 0.151. The summed E-state index contributed by atoms with van der Waals surface area (Å²) in [6.45, 7) is 2.28. The highest BCUT2D eigenvalue weighted by atomic mass is 16.4. The van der Waals surface area contributed by atoms with Crippen LogP contribution < -0.4 is 0 Å². The number of benzene rings is 2. The van der Waals surface area contributed by atoms with Gasteiger partial charge in [0, 0.05) is 6.42 Å². The van der Waals surface area contributed by atoms with Crippen LogP contribution in [0.2, 0.25) is 0 Å². The van der Waals surface area contributed by atoms with Crippen molar-refractivity contribution in [2.75, 3.05) is 0 Å². The lowest BCUT2D eigenvalue weighted by molar-refractivity contribution is -0.137. The van der Waals surface area contributed by atoms with Gasteiger partial charge < -0.3 is 10.2 Å². The predicted octanol–water partition coefficient (Wildman–Crippen LogP) is 10.9. The van der Waals surface area contributed by atoms with Gasteiger partial charge in [0.25, 0.3) is 0 Å². The smallest absolute Gasteiger partial charge is 0.303 e. The molecule has 2 aromatic carbocycles. The molecule has 0 saturated carbocycles. The van der Waals surface area contributed by atoms with Crippen LogP contribution in [0.3, 0.4) is 0 Å². The Labute approximate surface area is 234 Å². The van der Waals surface area contributed by atoms with Gasteiger partial charge in [-0.15, -0.1) is 0 Å². The first-order valence-corrected chi connectivity index (χ1v) is 15.7. The molecule has 0 amide bonds. The van der Waals surface area contributed by atoms with Gasteiger partial charge in [0.1, 0.15) is 5.75 Å². The summed E-state index contributed by atoms with van der Waals surface area (Å²) in [4.78, 5) is 10.4. The molecule has 0 bridgehead atoms. The first-order chi connectivity index (χ1) is 18.6. The van der Waals surface area contributed by atoms with E-state index in [1.165, 1.54) is 120 Å². The van der Waals surface area contributed by atoms with Crippen LogP contribution in [-0.2, 0) is 11.2 Å². The Morgan fingerprint density at radius 2 is 0.895 bits per heavy atom. The van der Waals surface area contributed by atoms with Gasteiger partial charge in [-0.3, -0.25) is 4.79 Å². The van der Waals surface area contributed by atoms with Crippen LogP contribution in [-0.4, -0.2) is 16.2 Å². The fourth-order valence-corrected chi connectivity index (χ4v) is 4.80. The molecule has 0 saturated heterocycles. The van der Waals surface area contributed by atoms with Gasteiger partial charge >= 0.3 is 5.97 Å². The van der Waals surface area contributed by atoms with E-state index >= 15 is 0 Å². The zero-order valence-corrected chi connectivity index (χ0v) is 24.3. The Hall–Kier alpha value is -2.29. The van der Waals surface area contributed by atoms with E-state index in [0.717, 1.165) is 19.3 Å². The average molecular weight is 525 g/mol. The van der Waals surface area contributed by atoms with Crippen molar-refractivity contribution in [1.82, 2.24) is 0 Å². The van der Waals surface area contributed by atoms with Gasteiger partial charge in [0.2, 0.25) is 0 Å². The first kappa shape index (κ1) is 33.7. The number of carboxylic acid groups (broad SMARTS) is 1. The summed E-state index contributed by atoms with van der Waals surface area (Å²) in [6, 6.07) is 17.6. The molecule has 214 valence electrons. The minimum atomic E-state index is -0.651. The molecule has 2 rings (SSSR count). The van der Waals surface area contributed by atoms with E-state index in [4.69, 9.17) is 10.2 Å². The maximum absolute atomic E-state index is 10.4. The fourth-order valence-electron chi connectivity index (χ4n) is 4.80. The molecule has 0 atom stereocenters. The molecule has 0 aromatic heterocycles. The fraction of sp³-hybridized carbons (Fsp3) is 0.629. The third-order valence-electron chi connectivity index (χ3n) is 7.18. The lowest BCUT2D eigenvalue weighted by Gasteiger charge is -2.03. The number of rotatable bonds is 22. The van der Waals surface area contributed by atoms with Gasteiger partial charge in [0.05, 0.1) is 0 Å². The zero-order valence-electron chi connectivity index (χ0n) is 24.3. The van der Waals surface area contributed by atoms with E-state index in [9.17, 15) is 4.79 Å². The SMILES string of the molecule is CCCCCCCCCCCCCCCCCCCCCC(=O)O.Oc1ccc(Cc2ccccc2)cc1. The predicted molar refractivity (Wildman–Crippen MR) is 163 cm³/mol. The van der Waals surface area contributed by atoms with Crippen LogP contribution in [0, 0.1) is 0 Å². The third kappa shape index (κ3) is 21.8. The van der Waals surface area contributed by atoms with Gasteiger partial charge in [-0.25, -0.2) is 0 Å². The Kier molecular flexibility index (Phi) is 22.2. The van der Waals surface area contributed by atoms with E-state index in [0.29, 0.717) is 12.2 Å². The van der Waals surface area contributed by atoms with Crippen molar-refractivity contribution in [2.45, 2.75) is 142 Å². The number of hydrogen-bond acceptors (Lipinski definition) is 2. The molecule has 3 nitrogen and oxygen atoms in total. The second-order valence-electron chi connectivity index (χ2n) is 10.8. The summed E-state index contributed by atoms with van der Waals surface area (Å²) in [5.41, 5.74) is 2.51. The number of phenolic OH excluding ortho intramolecular Hbond substituents is 1. The molecular formula is C35H56O3. The van der Waals surface area contributed by atoms with Gasteiger partial charge in [-0.05, 0) is 36.1 Å². The molecule has 0 unspecified atom stereocenters. The summed E-state index contributed by atoms with van der Waals surface area (Å²) < 4.78 is 0. The molecular weight excluding hydrogens is 468 g/mol. The van der Waals surface area contributed by atoms with Gasteiger partial charge in [-0.2, -0.15) is 0 Å². The number of hydrogen-bond donors (Lipinski definition) is 2. The average Bonchev–Trinajstić information content (AvgIpc) is 2.92. The Morgan fingerprint density at radius 3 is 1.29 bits per heavy atom. The van der Waals surface area contributed by atoms with Gasteiger partial charge in [0.15, 0.2) is 0 Å². The second-order valence-corrected chi connectivity index (χ2v) is 10.8. The monoisotopic (exact) mass is 524 g/mol. The lowest BCUT2D eigenvalue weighted by atomic mass is 10.0. The van der Waals surface area contributed by atoms with Crippen LogP contribution in [0.1, 0.15) is 146 Å². The lowest BCUT2D eigenvalue weighted by Crippen LogP contribution is -1.93. The number of aromatic hydroxyl groups is 1. The number of carboxylic acids is 1. The van der Waals surface area contributed by atoms with Crippen molar-refractivity contribution in [3.8, 4) is 5.75 Å². The van der Waals surface area contributed by atoms with Crippen molar-refractivity contribution in [1.29, 1.82) is 0 Å². The first-order valence-electron chi connectivity index (χ1n) is 15.7. The maximum Gasteiger partial charge on any atom is 0.303 e. The van der Waals surface area contributed by atoms with E-state index < -0.39 is 5.97 Å². The highest BCUT2D eigenvalue weighted by Crippen LogP contribution is 2.15. The maximum atomic E-state index is 10.4. The largest absolute Gasteiger partial charge is 0.508 e. The number of unbranched alkanes of at least 4 members (excludes halogenated alkanes) is 18. The molecule has 3 heteroatoms. The van der Waals surface area contributed by atoms with Crippen LogP contribution in [0.4, 0.5) is 0 Å². The minimum absolute atomic E-state index is 0.321. The van der Waals surface area contributed by atoms with Crippen LogP contribution in [0.15, 0.2) is 54.6 Å². The second kappa shape index (κ2) is 25.0. The molecule has 0 aliphatic carbocycles. The third-order valence-corrected chi connectivity index (χ3v) is 7.18. The molecule has 2 N–H and O–H groups in total. The molecule has 2 aromatic rings. The zero-order chi connectivity index (χ0) is 27.5. The highest BCUT2D eigenvalue weighted by Gasteiger charge is 1.98. The summed E-state index contributed by atoms with van der Waals surface area (Å²) in [7, 11) is 0. The highest BCUT2D eigenvalue weighted by molar-refractivity contribution is 5.66. The van der Waals surface area contributed by atoms with E-state index in [-0.39, 0.29) is 0 Å². The molecule has 0 fully saturated rings. The molecule has 0 spiro atoms. The summed E-state index contributed by atoms with van der Waals surface area (Å²) in [5.74, 6) is -0.330. The topological polar surface area (TPSA) is 57.5 Å². The number of carbonyl (C=O) groups is 1. The van der Waals surface area contributed by atoms with E-state index in [2.05, 4.69) is 19.1 Å². The summed E-state index contributed by atoms with van der Waals surface area (Å²) in [5, 5.41) is 17.7. The molecule has 38 heavy (non-hydrogen) atoms. The van der Waals surface area contributed by atoms with Crippen molar-refractivity contribution >= 4 is 5.97 Å². The Balaban J connectivity index is 0.000000431. The van der Waals surface area contributed by atoms with Crippen LogP contribution >= 0.6 is 0 Å². The van der Waals surface area contributed by atoms with Crippen molar-refractivity contribution < 1.29 is 15.0 Å². The van der Waals surface area contributed by atoms with Crippen LogP contribution in [0.25, 0.3) is 0 Å². The van der Waals surface area contributed by atoms with Crippen molar-refractivity contribution in [2.24, 2.45) is 0 Å². The summed E-state index contributed by atoms with van der Waals surface area (Å²) >= 11 is 0. The van der Waals surface area contributed by atoms with Crippen LogP contribution in [0.5, 0.6) is 5.75 Å².